The molecular formula is C8H9ClF4N2O. The van der Waals surface area contributed by atoms with Crippen LogP contribution in [0.1, 0.15) is 11.5 Å². The summed E-state index contributed by atoms with van der Waals surface area (Å²) in [7, 11) is 0. The van der Waals surface area contributed by atoms with E-state index in [-0.39, 0.29) is 18.3 Å². The van der Waals surface area contributed by atoms with Gasteiger partial charge in [-0.15, -0.1) is 11.6 Å². The van der Waals surface area contributed by atoms with Crippen molar-refractivity contribution in [2.75, 3.05) is 6.61 Å². The van der Waals surface area contributed by atoms with Gasteiger partial charge in [-0.3, -0.25) is 0 Å². The fourth-order valence-corrected chi connectivity index (χ4v) is 1.03. The van der Waals surface area contributed by atoms with Crippen molar-refractivity contribution < 1.29 is 22.3 Å². The van der Waals surface area contributed by atoms with Crippen LogP contribution in [0.25, 0.3) is 0 Å². The van der Waals surface area contributed by atoms with E-state index in [1.165, 1.54) is 6.20 Å². The minimum absolute atomic E-state index is 0.195. The largest absolute Gasteiger partial charge is 0.367 e. The Morgan fingerprint density at radius 1 is 1.50 bits per heavy atom. The molecule has 0 saturated carbocycles. The topological polar surface area (TPSA) is 37.9 Å². The van der Waals surface area contributed by atoms with E-state index >= 15 is 0 Å². The maximum Gasteiger partial charge on any atom is 0.330 e. The van der Waals surface area contributed by atoms with Crippen LogP contribution in [0.4, 0.5) is 17.6 Å². The van der Waals surface area contributed by atoms with Crippen molar-refractivity contribution in [3.8, 4) is 0 Å². The molecule has 1 aromatic heterocycles. The molecule has 0 aliphatic rings. The summed E-state index contributed by atoms with van der Waals surface area (Å²) >= 11 is 5.46. The third-order valence-electron chi connectivity index (χ3n) is 1.68. The summed E-state index contributed by atoms with van der Waals surface area (Å²) in [6.45, 7) is -1.64. The Bertz CT molecular complexity index is 332. The molecule has 8 heteroatoms. The number of nitrogens with zero attached hydrogens (tertiary/aromatic N) is 1. The van der Waals surface area contributed by atoms with Gasteiger partial charge in [-0.25, -0.2) is 13.8 Å². The molecule has 1 aromatic rings. The molecule has 0 unspecified atom stereocenters. The van der Waals surface area contributed by atoms with Gasteiger partial charge in [0.25, 0.3) is 0 Å². The monoisotopic (exact) mass is 260 g/mol. The van der Waals surface area contributed by atoms with Crippen LogP contribution < -0.4 is 0 Å². The highest BCUT2D eigenvalue weighted by Gasteiger charge is 2.40. The summed E-state index contributed by atoms with van der Waals surface area (Å²) in [5, 5.41) is 0. The van der Waals surface area contributed by atoms with Crippen molar-refractivity contribution in [2.24, 2.45) is 0 Å². The first-order chi connectivity index (χ1) is 7.45. The van der Waals surface area contributed by atoms with Crippen LogP contribution in [-0.4, -0.2) is 28.9 Å². The number of nitrogens with one attached hydrogen (secondary N) is 1. The Morgan fingerprint density at radius 2 is 2.19 bits per heavy atom. The minimum Gasteiger partial charge on any atom is -0.367 e. The summed E-state index contributed by atoms with van der Waals surface area (Å²) in [5.41, 5.74) is 0.598. The molecule has 0 aliphatic heterocycles. The molecule has 0 atom stereocenters. The molecule has 0 fully saturated rings. The molecule has 0 radical (unpaired) electrons. The van der Waals surface area contributed by atoms with Gasteiger partial charge in [0, 0.05) is 11.9 Å². The minimum atomic E-state index is -4.14. The maximum atomic E-state index is 12.4. The van der Waals surface area contributed by atoms with Crippen LogP contribution in [0.2, 0.25) is 0 Å². The molecule has 92 valence electrons. The summed E-state index contributed by atoms with van der Waals surface area (Å²) < 4.78 is 52.7. The Kier molecular flexibility index (Phi) is 4.55. The van der Waals surface area contributed by atoms with Crippen LogP contribution in [0.5, 0.6) is 0 Å². The predicted molar refractivity (Wildman–Crippen MR) is 48.8 cm³/mol. The van der Waals surface area contributed by atoms with E-state index in [0.29, 0.717) is 5.69 Å². The van der Waals surface area contributed by atoms with E-state index in [0.717, 1.165) is 0 Å². The summed E-state index contributed by atoms with van der Waals surface area (Å²) in [6, 6.07) is 0. The molecule has 1 N–H and O–H groups in total. The van der Waals surface area contributed by atoms with Crippen molar-refractivity contribution in [1.29, 1.82) is 0 Å². The second kappa shape index (κ2) is 5.49. The lowest BCUT2D eigenvalue weighted by Gasteiger charge is -2.14. The number of halogens is 5. The number of alkyl halides is 5. The number of hydrogen-bond acceptors (Lipinski definition) is 2. The van der Waals surface area contributed by atoms with Gasteiger partial charge in [-0.1, -0.05) is 0 Å². The molecule has 3 nitrogen and oxygen atoms in total. The standard InChI is InChI=1S/C8H9ClF4N2O/c9-1-5-2-14-6(15-5)3-16-4-8(12,13)7(10)11/h2,7H,1,3-4H2,(H,14,15). The van der Waals surface area contributed by atoms with Crippen molar-refractivity contribution in [3.63, 3.8) is 0 Å². The van der Waals surface area contributed by atoms with E-state index < -0.39 is 19.0 Å². The molecule has 16 heavy (non-hydrogen) atoms. The molecule has 0 bridgehead atoms. The average molecular weight is 261 g/mol. The smallest absolute Gasteiger partial charge is 0.330 e. The number of aromatic nitrogens is 2. The lowest BCUT2D eigenvalue weighted by Crippen LogP contribution is -2.32. The Balaban J connectivity index is 2.35. The number of hydrogen-bond donors (Lipinski definition) is 1. The second-order valence-electron chi connectivity index (χ2n) is 3.04. The van der Waals surface area contributed by atoms with Crippen molar-refractivity contribution in [1.82, 2.24) is 9.97 Å². The van der Waals surface area contributed by atoms with Crippen LogP contribution in [0.15, 0.2) is 6.20 Å². The van der Waals surface area contributed by atoms with E-state index in [1.807, 2.05) is 0 Å². The van der Waals surface area contributed by atoms with E-state index in [2.05, 4.69) is 14.7 Å². The maximum absolute atomic E-state index is 12.4. The van der Waals surface area contributed by atoms with Crippen LogP contribution >= 0.6 is 11.6 Å². The average Bonchev–Trinajstić information content (AvgIpc) is 2.65. The van der Waals surface area contributed by atoms with Gasteiger partial charge >= 0.3 is 12.3 Å². The highest BCUT2D eigenvalue weighted by Crippen LogP contribution is 2.23. The first-order valence-electron chi connectivity index (χ1n) is 4.28. The molecule has 0 saturated heterocycles. The molecule has 1 heterocycles. The fourth-order valence-electron chi connectivity index (χ4n) is 0.894. The lowest BCUT2D eigenvalue weighted by atomic mass is 10.4. The van der Waals surface area contributed by atoms with E-state index in [1.54, 1.807) is 0 Å². The first-order valence-corrected chi connectivity index (χ1v) is 4.81. The van der Waals surface area contributed by atoms with E-state index in [4.69, 9.17) is 11.6 Å². The Morgan fingerprint density at radius 3 is 2.69 bits per heavy atom. The van der Waals surface area contributed by atoms with Crippen LogP contribution in [0, 0.1) is 0 Å². The predicted octanol–water partition coefficient (Wildman–Crippen LogP) is 2.57. The number of aromatic amines is 1. The number of H-pyrrole nitrogens is 1. The normalized spacial score (nSPS) is 12.4. The van der Waals surface area contributed by atoms with Gasteiger partial charge in [0.1, 0.15) is 19.0 Å². The molecule has 0 aliphatic carbocycles. The van der Waals surface area contributed by atoms with Gasteiger partial charge < -0.3 is 9.72 Å². The van der Waals surface area contributed by atoms with Gasteiger partial charge in [0.2, 0.25) is 0 Å². The second-order valence-corrected chi connectivity index (χ2v) is 3.31. The highest BCUT2D eigenvalue weighted by atomic mass is 35.5. The molecule has 1 rings (SSSR count). The van der Waals surface area contributed by atoms with Crippen LogP contribution in [-0.2, 0) is 17.2 Å². The zero-order valence-electron chi connectivity index (χ0n) is 8.02. The molecule has 0 spiro atoms. The summed E-state index contributed by atoms with van der Waals surface area (Å²) in [5.74, 6) is -3.68. The third-order valence-corrected chi connectivity index (χ3v) is 1.97. The fraction of sp³-hybridized carbons (Fsp3) is 0.625. The Labute approximate surface area is 93.8 Å². The van der Waals surface area contributed by atoms with Gasteiger partial charge in [0.15, 0.2) is 0 Å². The van der Waals surface area contributed by atoms with Crippen molar-refractivity contribution >= 4 is 11.6 Å². The lowest BCUT2D eigenvalue weighted by molar-refractivity contribution is -0.168. The molecular weight excluding hydrogens is 252 g/mol. The van der Waals surface area contributed by atoms with Crippen molar-refractivity contribution in [3.05, 3.63) is 17.7 Å². The van der Waals surface area contributed by atoms with Crippen LogP contribution in [0.3, 0.4) is 0 Å². The number of rotatable bonds is 6. The highest BCUT2D eigenvalue weighted by molar-refractivity contribution is 6.16. The Hall–Kier alpha value is -0.820. The molecule has 0 aromatic carbocycles. The van der Waals surface area contributed by atoms with E-state index in [9.17, 15) is 17.6 Å². The number of imidazole rings is 1. The van der Waals surface area contributed by atoms with Gasteiger partial charge in [-0.05, 0) is 0 Å². The zero-order chi connectivity index (χ0) is 12.2. The molecule has 0 amide bonds. The first kappa shape index (κ1) is 13.2. The van der Waals surface area contributed by atoms with Gasteiger partial charge in [0.05, 0.1) is 5.88 Å². The number of ether oxygens (including phenoxy) is 1. The summed E-state index contributed by atoms with van der Waals surface area (Å²) in [6.07, 6.45) is -2.32. The third kappa shape index (κ3) is 3.64. The summed E-state index contributed by atoms with van der Waals surface area (Å²) in [4.78, 5) is 6.43. The quantitative estimate of drug-likeness (QED) is 0.631. The van der Waals surface area contributed by atoms with Crippen molar-refractivity contribution in [2.45, 2.75) is 24.8 Å². The SMILES string of the molecule is FC(F)C(F)(F)COCc1ncc(CCl)[nH]1. The van der Waals surface area contributed by atoms with Gasteiger partial charge in [-0.2, -0.15) is 8.78 Å². The zero-order valence-corrected chi connectivity index (χ0v) is 8.78.